The lowest BCUT2D eigenvalue weighted by molar-refractivity contribution is -0.124. The average Bonchev–Trinajstić information content (AvgIpc) is 3.57. The quantitative estimate of drug-likeness (QED) is 0.446. The molecule has 4 aromatic rings. The maximum absolute atomic E-state index is 13.0. The molecular weight excluding hydrogens is 476 g/mol. The van der Waals surface area contributed by atoms with Crippen molar-refractivity contribution >= 4 is 40.2 Å². The minimum Gasteiger partial charge on any atom is -0.349 e. The molecule has 0 spiro atoms. The highest BCUT2D eigenvalue weighted by atomic mass is 35.5. The zero-order chi connectivity index (χ0) is 22.5. The van der Waals surface area contributed by atoms with Crippen molar-refractivity contribution in [1.29, 1.82) is 0 Å². The first-order valence-corrected chi connectivity index (χ1v) is 12.9. The fourth-order valence-electron chi connectivity index (χ4n) is 4.80. The molecule has 3 aromatic heterocycles. The van der Waals surface area contributed by atoms with Crippen LogP contribution in [0.15, 0.2) is 35.8 Å². The van der Waals surface area contributed by atoms with Crippen molar-refractivity contribution in [2.24, 2.45) is 5.92 Å². The van der Waals surface area contributed by atoms with Crippen LogP contribution in [0.5, 0.6) is 0 Å². The third-order valence-corrected chi connectivity index (χ3v) is 8.71. The fourth-order valence-corrected chi connectivity index (χ4v) is 7.11. The van der Waals surface area contributed by atoms with Crippen LogP contribution < -0.4 is 10.6 Å². The normalized spacial score (nSPS) is 19.0. The number of halogens is 1. The molecular formula is C23H21ClN6OS2. The third kappa shape index (κ3) is 3.59. The van der Waals surface area contributed by atoms with E-state index in [0.717, 1.165) is 38.7 Å². The van der Waals surface area contributed by atoms with Crippen LogP contribution >= 0.6 is 34.3 Å². The van der Waals surface area contributed by atoms with Gasteiger partial charge in [0.25, 0.3) is 0 Å². The van der Waals surface area contributed by atoms with Gasteiger partial charge in [-0.3, -0.25) is 14.7 Å². The third-order valence-electron chi connectivity index (χ3n) is 6.33. The maximum Gasteiger partial charge on any atom is 0.224 e. The lowest BCUT2D eigenvalue weighted by atomic mass is 9.95. The number of aryl methyl sites for hydroxylation is 1. The molecule has 0 saturated heterocycles. The SMILES string of the molecule is Cc1nnc2n1-c1sc3c(c1[C@H](c1ccccc1Cl)NC2)C[C@H](C(=O)NCc1nccs1)C3. The molecule has 1 aliphatic heterocycles. The summed E-state index contributed by atoms with van der Waals surface area (Å²) in [6.07, 6.45) is 3.21. The highest BCUT2D eigenvalue weighted by molar-refractivity contribution is 7.15. The minimum atomic E-state index is -0.0769. The second-order valence-corrected chi connectivity index (χ2v) is 10.8. The van der Waals surface area contributed by atoms with E-state index in [1.54, 1.807) is 28.9 Å². The summed E-state index contributed by atoms with van der Waals surface area (Å²) in [7, 11) is 0. The van der Waals surface area contributed by atoms with Gasteiger partial charge in [0.1, 0.15) is 15.8 Å². The summed E-state index contributed by atoms with van der Waals surface area (Å²) in [4.78, 5) is 18.5. The number of carbonyl (C=O) groups is 1. The van der Waals surface area contributed by atoms with Crippen LogP contribution in [0.25, 0.3) is 5.00 Å². The largest absolute Gasteiger partial charge is 0.349 e. The molecule has 1 aliphatic carbocycles. The van der Waals surface area contributed by atoms with Crippen LogP contribution in [-0.2, 0) is 30.7 Å². The minimum absolute atomic E-state index is 0.0758. The van der Waals surface area contributed by atoms with Gasteiger partial charge >= 0.3 is 0 Å². The monoisotopic (exact) mass is 496 g/mol. The maximum atomic E-state index is 13.0. The smallest absolute Gasteiger partial charge is 0.224 e. The molecule has 1 aromatic carbocycles. The molecule has 0 unspecified atom stereocenters. The van der Waals surface area contributed by atoms with E-state index in [4.69, 9.17) is 11.6 Å². The number of benzene rings is 1. The molecule has 2 N–H and O–H groups in total. The van der Waals surface area contributed by atoms with Crippen LogP contribution in [0.3, 0.4) is 0 Å². The molecule has 0 fully saturated rings. The van der Waals surface area contributed by atoms with Crippen LogP contribution in [0.4, 0.5) is 0 Å². The van der Waals surface area contributed by atoms with Gasteiger partial charge in [-0.15, -0.1) is 32.9 Å². The molecule has 2 atom stereocenters. The molecule has 10 heteroatoms. The second-order valence-electron chi connectivity index (χ2n) is 8.31. The van der Waals surface area contributed by atoms with Gasteiger partial charge < -0.3 is 5.32 Å². The fraction of sp³-hybridized carbons (Fsp3) is 0.304. The predicted octanol–water partition coefficient (Wildman–Crippen LogP) is 3.97. The number of carbonyl (C=O) groups excluding carboxylic acids is 1. The highest BCUT2D eigenvalue weighted by Crippen LogP contribution is 2.46. The van der Waals surface area contributed by atoms with Crippen molar-refractivity contribution in [1.82, 2.24) is 30.4 Å². The zero-order valence-electron chi connectivity index (χ0n) is 17.8. The molecule has 2 aliphatic rings. The number of nitrogens with one attached hydrogen (secondary N) is 2. The number of thiazole rings is 1. The Hall–Kier alpha value is -2.59. The lowest BCUT2D eigenvalue weighted by Crippen LogP contribution is -2.30. The Morgan fingerprint density at radius 3 is 3.00 bits per heavy atom. The van der Waals surface area contributed by atoms with E-state index < -0.39 is 0 Å². The van der Waals surface area contributed by atoms with Crippen molar-refractivity contribution in [3.63, 3.8) is 0 Å². The van der Waals surface area contributed by atoms with E-state index >= 15 is 0 Å². The number of rotatable bonds is 4. The van der Waals surface area contributed by atoms with E-state index in [1.807, 2.05) is 30.5 Å². The number of aromatic nitrogens is 4. The van der Waals surface area contributed by atoms with E-state index in [9.17, 15) is 4.79 Å². The van der Waals surface area contributed by atoms with Gasteiger partial charge in [0.2, 0.25) is 5.91 Å². The molecule has 7 nitrogen and oxygen atoms in total. The van der Waals surface area contributed by atoms with E-state index in [-0.39, 0.29) is 17.9 Å². The topological polar surface area (TPSA) is 84.7 Å². The molecule has 0 bridgehead atoms. The van der Waals surface area contributed by atoms with E-state index in [1.165, 1.54) is 16.0 Å². The van der Waals surface area contributed by atoms with Crippen LogP contribution in [-0.4, -0.2) is 25.7 Å². The summed E-state index contributed by atoms with van der Waals surface area (Å²) in [5.41, 5.74) is 3.48. The first-order valence-electron chi connectivity index (χ1n) is 10.8. The van der Waals surface area contributed by atoms with Gasteiger partial charge in [0, 0.05) is 33.0 Å². The van der Waals surface area contributed by atoms with Crippen molar-refractivity contribution in [2.75, 3.05) is 0 Å². The van der Waals surface area contributed by atoms with Crippen LogP contribution in [0.1, 0.15) is 44.3 Å². The standard InChI is InChI=1S/C23H21ClN6OS2/c1-12-28-29-18-10-26-21(14-4-2-3-5-16(14)24)20-15-8-13(9-17(15)33-23(20)30(12)18)22(31)27-11-19-25-6-7-32-19/h2-7,13,21,26H,8-11H2,1H3,(H,27,31)/t13-,21-/m0/s1. The van der Waals surface area contributed by atoms with Crippen molar-refractivity contribution in [3.05, 3.63) is 79.1 Å². The number of nitrogens with zero attached hydrogens (tertiary/aromatic N) is 4. The number of hydrogen-bond donors (Lipinski definition) is 2. The molecule has 1 amide bonds. The average molecular weight is 497 g/mol. The summed E-state index contributed by atoms with van der Waals surface area (Å²) < 4.78 is 2.15. The van der Waals surface area contributed by atoms with Gasteiger partial charge in [-0.2, -0.15) is 0 Å². The van der Waals surface area contributed by atoms with Gasteiger partial charge in [-0.1, -0.05) is 29.8 Å². The molecule has 6 rings (SSSR count). The molecule has 33 heavy (non-hydrogen) atoms. The first-order chi connectivity index (χ1) is 16.1. The van der Waals surface area contributed by atoms with Crippen LogP contribution in [0, 0.1) is 12.8 Å². The van der Waals surface area contributed by atoms with E-state index in [0.29, 0.717) is 19.5 Å². The molecule has 0 saturated carbocycles. The van der Waals surface area contributed by atoms with Gasteiger partial charge in [0.15, 0.2) is 5.82 Å². The van der Waals surface area contributed by atoms with E-state index in [2.05, 4.69) is 36.4 Å². The Kier molecular flexibility index (Phi) is 5.29. The Labute approximate surface area is 203 Å². The van der Waals surface area contributed by atoms with Gasteiger partial charge in [0.05, 0.1) is 19.1 Å². The van der Waals surface area contributed by atoms with Crippen molar-refractivity contribution in [2.45, 2.75) is 38.9 Å². The highest BCUT2D eigenvalue weighted by Gasteiger charge is 2.38. The first kappa shape index (κ1) is 21.0. The number of fused-ring (bicyclic) bond motifs is 5. The summed E-state index contributed by atoms with van der Waals surface area (Å²) in [6, 6.07) is 7.88. The summed E-state index contributed by atoms with van der Waals surface area (Å²) in [5, 5.41) is 20.1. The number of thiophene rings is 1. The number of hydrogen-bond acceptors (Lipinski definition) is 7. The van der Waals surface area contributed by atoms with Gasteiger partial charge in [-0.05, 0) is 37.0 Å². The molecule has 168 valence electrons. The Balaban J connectivity index is 1.37. The number of amides is 1. The second kappa shape index (κ2) is 8.32. The van der Waals surface area contributed by atoms with Gasteiger partial charge in [-0.25, -0.2) is 4.98 Å². The summed E-state index contributed by atoms with van der Waals surface area (Å²) in [5.74, 6) is 1.76. The summed E-state index contributed by atoms with van der Waals surface area (Å²) >= 11 is 9.94. The van der Waals surface area contributed by atoms with Crippen molar-refractivity contribution in [3.8, 4) is 5.00 Å². The Bertz CT molecular complexity index is 1350. The van der Waals surface area contributed by atoms with Crippen LogP contribution in [0.2, 0.25) is 5.02 Å². The summed E-state index contributed by atoms with van der Waals surface area (Å²) in [6.45, 7) is 3.05. The Morgan fingerprint density at radius 1 is 1.30 bits per heavy atom. The molecule has 0 radical (unpaired) electrons. The lowest BCUT2D eigenvalue weighted by Gasteiger charge is -2.20. The zero-order valence-corrected chi connectivity index (χ0v) is 20.2. The van der Waals surface area contributed by atoms with Crippen molar-refractivity contribution < 1.29 is 4.79 Å². The molecule has 4 heterocycles. The Morgan fingerprint density at radius 2 is 2.18 bits per heavy atom. The predicted molar refractivity (Wildman–Crippen MR) is 129 cm³/mol.